The number of hydrogen-bond donors (Lipinski definition) is 1. The molecular formula is C21H31N5O4. The maximum atomic E-state index is 13.3. The van der Waals surface area contributed by atoms with E-state index in [2.05, 4.69) is 10.00 Å². The second kappa shape index (κ2) is 10.4. The van der Waals surface area contributed by atoms with E-state index < -0.39 is 0 Å². The molecule has 164 valence electrons. The van der Waals surface area contributed by atoms with Crippen LogP contribution in [0.1, 0.15) is 41.4 Å². The molecule has 0 aromatic carbocycles. The van der Waals surface area contributed by atoms with Gasteiger partial charge in [-0.25, -0.2) is 0 Å². The molecule has 0 bridgehead atoms. The smallest absolute Gasteiger partial charge is 0.290 e. The SMILES string of the molecule is Cn1cc([C@H]2[C@H](CN3CCCCC3)OCCN2C(=O)c2cccn2C)cn1.O=CO. The number of carbonyl (C=O) groups excluding carboxylic acids is 1. The average molecular weight is 418 g/mol. The number of morpholine rings is 1. The fraction of sp³-hybridized carbons (Fsp3) is 0.571. The largest absolute Gasteiger partial charge is 0.483 e. The minimum atomic E-state index is -0.250. The first kappa shape index (κ1) is 22.0. The molecule has 30 heavy (non-hydrogen) atoms. The molecule has 0 spiro atoms. The van der Waals surface area contributed by atoms with Crippen molar-refractivity contribution in [2.45, 2.75) is 31.4 Å². The summed E-state index contributed by atoms with van der Waals surface area (Å²) in [6.45, 7) is 4.01. The number of hydrogen-bond acceptors (Lipinski definition) is 5. The molecular weight excluding hydrogens is 386 g/mol. The number of amides is 1. The lowest BCUT2D eigenvalue weighted by molar-refractivity contribution is -0.122. The van der Waals surface area contributed by atoms with Crippen LogP contribution in [0.5, 0.6) is 0 Å². The van der Waals surface area contributed by atoms with Gasteiger partial charge in [-0.05, 0) is 38.1 Å². The second-order valence-electron chi connectivity index (χ2n) is 7.77. The number of ether oxygens (including phenoxy) is 1. The molecule has 1 N–H and O–H groups in total. The van der Waals surface area contributed by atoms with Crippen molar-refractivity contribution in [3.63, 3.8) is 0 Å². The molecule has 2 aromatic rings. The van der Waals surface area contributed by atoms with Crippen molar-refractivity contribution in [2.75, 3.05) is 32.8 Å². The van der Waals surface area contributed by atoms with Crippen LogP contribution in [-0.2, 0) is 23.6 Å². The van der Waals surface area contributed by atoms with Crippen molar-refractivity contribution in [1.82, 2.24) is 24.1 Å². The number of carboxylic acid groups (broad SMARTS) is 1. The van der Waals surface area contributed by atoms with E-state index in [1.165, 1.54) is 19.3 Å². The Morgan fingerprint density at radius 1 is 1.27 bits per heavy atom. The van der Waals surface area contributed by atoms with Crippen molar-refractivity contribution < 1.29 is 19.4 Å². The Morgan fingerprint density at radius 3 is 2.60 bits per heavy atom. The summed E-state index contributed by atoms with van der Waals surface area (Å²) in [5.41, 5.74) is 1.75. The van der Waals surface area contributed by atoms with E-state index in [0.29, 0.717) is 18.8 Å². The van der Waals surface area contributed by atoms with Gasteiger partial charge in [0.2, 0.25) is 0 Å². The summed E-state index contributed by atoms with van der Waals surface area (Å²) in [6.07, 6.45) is 9.56. The number of aromatic nitrogens is 3. The number of carbonyl (C=O) groups is 2. The molecule has 4 heterocycles. The van der Waals surface area contributed by atoms with Crippen LogP contribution >= 0.6 is 0 Å². The van der Waals surface area contributed by atoms with Crippen LogP contribution in [0.15, 0.2) is 30.7 Å². The Kier molecular flexibility index (Phi) is 7.64. The van der Waals surface area contributed by atoms with Gasteiger partial charge in [0.25, 0.3) is 12.4 Å². The minimum Gasteiger partial charge on any atom is -0.483 e. The zero-order valence-corrected chi connectivity index (χ0v) is 17.7. The average Bonchev–Trinajstić information content (AvgIpc) is 3.37. The lowest BCUT2D eigenvalue weighted by Crippen LogP contribution is -2.52. The van der Waals surface area contributed by atoms with Gasteiger partial charge in [-0.15, -0.1) is 0 Å². The lowest BCUT2D eigenvalue weighted by atomic mass is 9.99. The van der Waals surface area contributed by atoms with Gasteiger partial charge in [-0.3, -0.25) is 14.3 Å². The molecule has 0 saturated carbocycles. The van der Waals surface area contributed by atoms with E-state index in [9.17, 15) is 4.79 Å². The Hall–Kier alpha value is -2.65. The zero-order valence-electron chi connectivity index (χ0n) is 17.7. The Morgan fingerprint density at radius 2 is 2.00 bits per heavy atom. The highest BCUT2D eigenvalue weighted by Crippen LogP contribution is 2.32. The highest BCUT2D eigenvalue weighted by atomic mass is 16.5. The quantitative estimate of drug-likeness (QED) is 0.759. The fourth-order valence-electron chi connectivity index (χ4n) is 4.33. The molecule has 2 atom stereocenters. The fourth-order valence-corrected chi connectivity index (χ4v) is 4.33. The number of piperidine rings is 1. The first-order valence-corrected chi connectivity index (χ1v) is 10.4. The molecule has 0 unspecified atom stereocenters. The van der Waals surface area contributed by atoms with Gasteiger partial charge in [0.05, 0.1) is 24.9 Å². The van der Waals surface area contributed by atoms with E-state index in [0.717, 1.165) is 25.2 Å². The molecule has 9 heteroatoms. The molecule has 0 radical (unpaired) electrons. The van der Waals surface area contributed by atoms with E-state index in [1.807, 2.05) is 54.3 Å². The third-order valence-corrected chi connectivity index (χ3v) is 5.73. The molecule has 2 fully saturated rings. The molecule has 9 nitrogen and oxygen atoms in total. The van der Waals surface area contributed by atoms with E-state index in [1.54, 1.807) is 4.68 Å². The number of likely N-dealkylation sites (tertiary alicyclic amines) is 1. The van der Waals surface area contributed by atoms with Gasteiger partial charge in [-0.2, -0.15) is 5.10 Å². The maximum absolute atomic E-state index is 13.3. The summed E-state index contributed by atoms with van der Waals surface area (Å²) in [4.78, 5) is 26.1. The van der Waals surface area contributed by atoms with Crippen LogP contribution in [0.3, 0.4) is 0 Å². The van der Waals surface area contributed by atoms with Gasteiger partial charge in [0.15, 0.2) is 0 Å². The first-order chi connectivity index (χ1) is 14.5. The van der Waals surface area contributed by atoms with E-state index in [-0.39, 0.29) is 24.5 Å². The maximum Gasteiger partial charge on any atom is 0.290 e. The minimum absolute atomic E-state index is 0.0368. The normalized spacial score (nSPS) is 22.3. The standard InChI is InChI=1S/C20H29N5O2.CH2O2/c1-22-8-6-7-17(22)20(26)25-11-12-27-18(15-24-9-4-3-5-10-24)19(25)16-13-21-23(2)14-16;2-1-3/h6-8,13-14,18-19H,3-5,9-12,15H2,1-2H3;1H,(H,2,3)/t18-,19-;/m0./s1. The van der Waals surface area contributed by atoms with E-state index in [4.69, 9.17) is 14.6 Å². The number of aryl methyl sites for hydroxylation is 2. The summed E-state index contributed by atoms with van der Waals surface area (Å²) >= 11 is 0. The van der Waals surface area contributed by atoms with Gasteiger partial charge in [0, 0.05) is 45.1 Å². The van der Waals surface area contributed by atoms with Crippen LogP contribution in [-0.4, -0.2) is 80.5 Å². The lowest BCUT2D eigenvalue weighted by Gasteiger charge is -2.43. The van der Waals surface area contributed by atoms with Crippen LogP contribution in [0.25, 0.3) is 0 Å². The summed E-state index contributed by atoms with van der Waals surface area (Å²) < 4.78 is 9.89. The van der Waals surface area contributed by atoms with Crippen molar-refractivity contribution in [3.8, 4) is 0 Å². The second-order valence-corrected chi connectivity index (χ2v) is 7.77. The number of rotatable bonds is 4. The van der Waals surface area contributed by atoms with Crippen LogP contribution in [0.2, 0.25) is 0 Å². The first-order valence-electron chi connectivity index (χ1n) is 10.4. The molecule has 2 aliphatic rings. The monoisotopic (exact) mass is 417 g/mol. The Labute approximate surface area is 176 Å². The summed E-state index contributed by atoms with van der Waals surface area (Å²) in [7, 11) is 3.83. The highest BCUT2D eigenvalue weighted by molar-refractivity contribution is 5.93. The summed E-state index contributed by atoms with van der Waals surface area (Å²) in [5, 5.41) is 11.2. The topological polar surface area (TPSA) is 92.8 Å². The third kappa shape index (κ3) is 5.09. The van der Waals surface area contributed by atoms with E-state index >= 15 is 0 Å². The zero-order chi connectivity index (χ0) is 21.5. The van der Waals surface area contributed by atoms with Crippen molar-refractivity contribution in [3.05, 3.63) is 42.0 Å². The summed E-state index contributed by atoms with van der Waals surface area (Å²) in [6, 6.07) is 3.69. The molecule has 4 rings (SSSR count). The van der Waals surface area contributed by atoms with Crippen molar-refractivity contribution in [1.29, 1.82) is 0 Å². The van der Waals surface area contributed by atoms with Crippen LogP contribution in [0, 0.1) is 0 Å². The molecule has 0 aliphatic carbocycles. The van der Waals surface area contributed by atoms with Gasteiger partial charge < -0.3 is 24.2 Å². The van der Waals surface area contributed by atoms with Crippen molar-refractivity contribution in [2.24, 2.45) is 14.1 Å². The molecule has 2 saturated heterocycles. The van der Waals surface area contributed by atoms with Crippen LogP contribution < -0.4 is 0 Å². The predicted molar refractivity (Wildman–Crippen MR) is 111 cm³/mol. The molecule has 2 aromatic heterocycles. The van der Waals surface area contributed by atoms with Gasteiger partial charge in [0.1, 0.15) is 5.69 Å². The third-order valence-electron chi connectivity index (χ3n) is 5.73. The Balaban J connectivity index is 0.000000806. The van der Waals surface area contributed by atoms with Gasteiger partial charge in [-0.1, -0.05) is 6.42 Å². The van der Waals surface area contributed by atoms with Crippen molar-refractivity contribution >= 4 is 12.4 Å². The van der Waals surface area contributed by atoms with Gasteiger partial charge >= 0.3 is 0 Å². The predicted octanol–water partition coefficient (Wildman–Crippen LogP) is 1.53. The van der Waals surface area contributed by atoms with Crippen LogP contribution in [0.4, 0.5) is 0 Å². The molecule has 2 aliphatic heterocycles. The number of nitrogens with zero attached hydrogens (tertiary/aromatic N) is 5. The Bertz CT molecular complexity index is 827. The highest BCUT2D eigenvalue weighted by Gasteiger charge is 2.39. The summed E-state index contributed by atoms with van der Waals surface area (Å²) in [5.74, 6) is 0.0586. The molecule has 1 amide bonds.